The number of aliphatic carboxylic acids is 1. The van der Waals surface area contributed by atoms with Crippen LogP contribution in [0.1, 0.15) is 65.2 Å². The number of carbonyl (C=O) groups is 2. The van der Waals surface area contributed by atoms with Gasteiger partial charge in [0.2, 0.25) is 5.91 Å². The van der Waals surface area contributed by atoms with Gasteiger partial charge < -0.3 is 10.0 Å². The number of rotatable bonds is 11. The third kappa shape index (κ3) is 9.02. The van der Waals surface area contributed by atoms with Gasteiger partial charge in [-0.15, -0.1) is 0 Å². The van der Waals surface area contributed by atoms with E-state index < -0.39 is 5.97 Å². The van der Waals surface area contributed by atoms with Gasteiger partial charge in [-0.2, -0.15) is 0 Å². The number of carbonyl (C=O) groups excluding carboxylic acids is 1. The van der Waals surface area contributed by atoms with E-state index in [-0.39, 0.29) is 18.7 Å². The average molecular weight is 257 g/mol. The molecule has 0 aromatic carbocycles. The summed E-state index contributed by atoms with van der Waals surface area (Å²) in [4.78, 5) is 24.2. The zero-order chi connectivity index (χ0) is 13.8. The molecule has 0 spiro atoms. The molecule has 0 fully saturated rings. The van der Waals surface area contributed by atoms with Gasteiger partial charge in [0, 0.05) is 19.5 Å². The van der Waals surface area contributed by atoms with Crippen LogP contribution in [0, 0.1) is 0 Å². The van der Waals surface area contributed by atoms with Crippen molar-refractivity contribution < 1.29 is 14.7 Å². The molecule has 0 aliphatic rings. The van der Waals surface area contributed by atoms with Crippen molar-refractivity contribution in [3.05, 3.63) is 0 Å². The maximum atomic E-state index is 11.9. The Bertz CT molecular complexity index is 231. The Balaban J connectivity index is 4.07. The Kier molecular flexibility index (Phi) is 10.4. The van der Waals surface area contributed by atoms with Crippen LogP contribution in [0.25, 0.3) is 0 Å². The number of amides is 1. The number of unbranched alkanes of at least 4 members (excludes halogenated alkanes) is 4. The van der Waals surface area contributed by atoms with Crippen molar-refractivity contribution in [1.82, 2.24) is 4.90 Å². The Morgan fingerprint density at radius 1 is 0.889 bits per heavy atom. The number of nitrogens with zero attached hydrogens (tertiary/aromatic N) is 1. The lowest BCUT2D eigenvalue weighted by atomic mass is 10.2. The average Bonchev–Trinajstić information content (AvgIpc) is 2.34. The summed E-state index contributed by atoms with van der Waals surface area (Å²) in [6.45, 7) is 5.81. The maximum Gasteiger partial charge on any atom is 0.303 e. The fourth-order valence-corrected chi connectivity index (χ4v) is 1.84. The van der Waals surface area contributed by atoms with Crippen LogP contribution in [0.15, 0.2) is 0 Å². The molecule has 0 heterocycles. The molecule has 0 rings (SSSR count). The third-order valence-corrected chi connectivity index (χ3v) is 2.97. The molecule has 4 heteroatoms. The van der Waals surface area contributed by atoms with Crippen molar-refractivity contribution >= 4 is 11.9 Å². The molecule has 0 saturated heterocycles. The molecule has 0 radical (unpaired) electrons. The molecule has 1 amide bonds. The summed E-state index contributed by atoms with van der Waals surface area (Å²) in [5, 5.41) is 8.60. The molecule has 0 saturated carbocycles. The Labute approximate surface area is 110 Å². The number of hydrogen-bond acceptors (Lipinski definition) is 2. The predicted octanol–water partition coefficient (Wildman–Crippen LogP) is 3.06. The van der Waals surface area contributed by atoms with E-state index in [4.69, 9.17) is 5.11 Å². The van der Waals surface area contributed by atoms with Gasteiger partial charge in [0.05, 0.1) is 6.42 Å². The Morgan fingerprint density at radius 3 is 1.78 bits per heavy atom. The second kappa shape index (κ2) is 11.1. The lowest BCUT2D eigenvalue weighted by Gasteiger charge is -2.22. The van der Waals surface area contributed by atoms with Gasteiger partial charge in [-0.1, -0.05) is 39.5 Å². The zero-order valence-electron chi connectivity index (χ0n) is 11.8. The molecule has 1 N–H and O–H groups in total. The summed E-state index contributed by atoms with van der Waals surface area (Å²) in [6.07, 6.45) is 6.61. The van der Waals surface area contributed by atoms with E-state index in [0.29, 0.717) is 0 Å². The van der Waals surface area contributed by atoms with Crippen LogP contribution in [-0.4, -0.2) is 35.0 Å². The van der Waals surface area contributed by atoms with Crippen molar-refractivity contribution in [2.75, 3.05) is 13.1 Å². The summed E-state index contributed by atoms with van der Waals surface area (Å²) in [5.74, 6) is -0.907. The van der Waals surface area contributed by atoms with Gasteiger partial charge in [-0.3, -0.25) is 9.59 Å². The summed E-state index contributed by atoms with van der Waals surface area (Å²) < 4.78 is 0. The molecular weight excluding hydrogens is 230 g/mol. The molecule has 0 aromatic heterocycles. The predicted molar refractivity (Wildman–Crippen MR) is 72.5 cm³/mol. The van der Waals surface area contributed by atoms with Crippen molar-refractivity contribution in [2.24, 2.45) is 0 Å². The SMILES string of the molecule is CCCCCN(CCCCC)C(=O)CCC(=O)O. The van der Waals surface area contributed by atoms with Crippen LogP contribution in [-0.2, 0) is 9.59 Å². The fourth-order valence-electron chi connectivity index (χ4n) is 1.84. The van der Waals surface area contributed by atoms with Crippen LogP contribution < -0.4 is 0 Å². The second-order valence-corrected chi connectivity index (χ2v) is 4.69. The summed E-state index contributed by atoms with van der Waals surface area (Å²) in [7, 11) is 0. The van der Waals surface area contributed by atoms with Crippen molar-refractivity contribution in [1.29, 1.82) is 0 Å². The first-order valence-electron chi connectivity index (χ1n) is 7.11. The van der Waals surface area contributed by atoms with E-state index in [2.05, 4.69) is 13.8 Å². The molecule has 0 aromatic rings. The molecule has 106 valence electrons. The smallest absolute Gasteiger partial charge is 0.303 e. The number of carboxylic acid groups (broad SMARTS) is 1. The first kappa shape index (κ1) is 16.9. The minimum atomic E-state index is -0.898. The van der Waals surface area contributed by atoms with Gasteiger partial charge in [0.15, 0.2) is 0 Å². The summed E-state index contributed by atoms with van der Waals surface area (Å²) >= 11 is 0. The van der Waals surface area contributed by atoms with Gasteiger partial charge in [-0.25, -0.2) is 0 Å². The lowest BCUT2D eigenvalue weighted by Crippen LogP contribution is -2.33. The number of carboxylic acids is 1. The van der Waals surface area contributed by atoms with Gasteiger partial charge in [-0.05, 0) is 12.8 Å². The summed E-state index contributed by atoms with van der Waals surface area (Å²) in [6, 6.07) is 0. The van der Waals surface area contributed by atoms with Crippen LogP contribution >= 0.6 is 0 Å². The minimum Gasteiger partial charge on any atom is -0.481 e. The largest absolute Gasteiger partial charge is 0.481 e. The molecule has 0 bridgehead atoms. The molecule has 0 aliphatic heterocycles. The van der Waals surface area contributed by atoms with Crippen LogP contribution in [0.3, 0.4) is 0 Å². The van der Waals surface area contributed by atoms with Crippen molar-refractivity contribution in [3.63, 3.8) is 0 Å². The van der Waals surface area contributed by atoms with E-state index in [9.17, 15) is 9.59 Å². The molecule has 18 heavy (non-hydrogen) atoms. The van der Waals surface area contributed by atoms with Crippen molar-refractivity contribution in [2.45, 2.75) is 65.2 Å². The van der Waals surface area contributed by atoms with Gasteiger partial charge >= 0.3 is 5.97 Å². The number of hydrogen-bond donors (Lipinski definition) is 1. The standard InChI is InChI=1S/C14H27NO3/c1-3-5-7-11-15(12-8-6-4-2)13(16)9-10-14(17)18/h3-12H2,1-2H3,(H,17,18). The Morgan fingerprint density at radius 2 is 1.39 bits per heavy atom. The molecular formula is C14H27NO3. The highest BCUT2D eigenvalue weighted by Crippen LogP contribution is 2.06. The fraction of sp³-hybridized carbons (Fsp3) is 0.857. The lowest BCUT2D eigenvalue weighted by molar-refractivity contribution is -0.141. The maximum absolute atomic E-state index is 11.9. The topological polar surface area (TPSA) is 57.6 Å². The van der Waals surface area contributed by atoms with E-state index in [1.807, 2.05) is 4.90 Å². The first-order valence-corrected chi connectivity index (χ1v) is 7.11. The normalized spacial score (nSPS) is 10.3. The zero-order valence-corrected chi connectivity index (χ0v) is 11.8. The molecule has 0 aliphatic carbocycles. The molecule has 0 unspecified atom stereocenters. The van der Waals surface area contributed by atoms with E-state index >= 15 is 0 Å². The first-order chi connectivity index (χ1) is 8.61. The summed E-state index contributed by atoms with van der Waals surface area (Å²) in [5.41, 5.74) is 0. The van der Waals surface area contributed by atoms with E-state index in [1.54, 1.807) is 0 Å². The van der Waals surface area contributed by atoms with Crippen molar-refractivity contribution in [3.8, 4) is 0 Å². The van der Waals surface area contributed by atoms with E-state index in [1.165, 1.54) is 0 Å². The molecule has 4 nitrogen and oxygen atoms in total. The monoisotopic (exact) mass is 257 g/mol. The van der Waals surface area contributed by atoms with Gasteiger partial charge in [0.25, 0.3) is 0 Å². The molecule has 0 atom stereocenters. The van der Waals surface area contributed by atoms with E-state index in [0.717, 1.165) is 51.6 Å². The second-order valence-electron chi connectivity index (χ2n) is 4.69. The minimum absolute atomic E-state index is 0.00962. The van der Waals surface area contributed by atoms with Crippen LogP contribution in [0.2, 0.25) is 0 Å². The highest BCUT2D eigenvalue weighted by molar-refractivity contribution is 5.80. The van der Waals surface area contributed by atoms with Gasteiger partial charge in [0.1, 0.15) is 0 Å². The quantitative estimate of drug-likeness (QED) is 0.579. The highest BCUT2D eigenvalue weighted by Gasteiger charge is 2.13. The third-order valence-electron chi connectivity index (χ3n) is 2.97. The Hall–Kier alpha value is -1.06. The highest BCUT2D eigenvalue weighted by atomic mass is 16.4. The van der Waals surface area contributed by atoms with Crippen LogP contribution in [0.5, 0.6) is 0 Å². The van der Waals surface area contributed by atoms with Crippen LogP contribution in [0.4, 0.5) is 0 Å².